The van der Waals surface area contributed by atoms with Crippen molar-refractivity contribution in [2.75, 3.05) is 32.1 Å². The number of aromatic nitrogens is 1. The van der Waals surface area contributed by atoms with Gasteiger partial charge in [0, 0.05) is 31.4 Å². The van der Waals surface area contributed by atoms with Crippen LogP contribution in [0.4, 0.5) is 5.82 Å². The fourth-order valence-electron chi connectivity index (χ4n) is 2.82. The standard InChI is InChI=1S/C15H26N4/c1-12(16)11-13-5-4-8-17-15(13)19-9-6-14(7-10-19)18(2)3/h4-5,8,12,14H,6-7,9-11,16H2,1-3H3. The first kappa shape index (κ1) is 14.3. The first-order valence-corrected chi connectivity index (χ1v) is 7.18. The van der Waals surface area contributed by atoms with Crippen LogP contribution >= 0.6 is 0 Å². The van der Waals surface area contributed by atoms with Crippen LogP contribution < -0.4 is 10.6 Å². The van der Waals surface area contributed by atoms with Gasteiger partial charge in [-0.3, -0.25) is 0 Å². The average Bonchev–Trinajstić information content (AvgIpc) is 2.39. The Labute approximate surface area is 116 Å². The van der Waals surface area contributed by atoms with Crippen LogP contribution in [-0.4, -0.2) is 49.2 Å². The largest absolute Gasteiger partial charge is 0.356 e. The molecule has 1 unspecified atom stereocenters. The van der Waals surface area contributed by atoms with E-state index in [4.69, 9.17) is 5.73 Å². The van der Waals surface area contributed by atoms with Gasteiger partial charge >= 0.3 is 0 Å². The Morgan fingerprint density at radius 3 is 2.68 bits per heavy atom. The van der Waals surface area contributed by atoms with E-state index in [1.54, 1.807) is 0 Å². The second-order valence-corrected chi connectivity index (χ2v) is 5.85. The van der Waals surface area contributed by atoms with Crippen molar-refractivity contribution in [3.63, 3.8) is 0 Å². The molecular formula is C15H26N4. The minimum atomic E-state index is 0.183. The molecule has 0 aliphatic carbocycles. The zero-order chi connectivity index (χ0) is 13.8. The van der Waals surface area contributed by atoms with Gasteiger partial charge in [0.2, 0.25) is 0 Å². The summed E-state index contributed by atoms with van der Waals surface area (Å²) in [5.41, 5.74) is 7.21. The maximum Gasteiger partial charge on any atom is 0.131 e. The van der Waals surface area contributed by atoms with Crippen molar-refractivity contribution in [1.29, 1.82) is 0 Å². The molecule has 2 N–H and O–H groups in total. The van der Waals surface area contributed by atoms with Gasteiger partial charge in [0.15, 0.2) is 0 Å². The van der Waals surface area contributed by atoms with Crippen LogP contribution in [0.5, 0.6) is 0 Å². The predicted molar refractivity (Wildman–Crippen MR) is 80.5 cm³/mol. The molecule has 106 valence electrons. The quantitative estimate of drug-likeness (QED) is 0.893. The highest BCUT2D eigenvalue weighted by Gasteiger charge is 2.22. The molecule has 0 saturated carbocycles. The van der Waals surface area contributed by atoms with Gasteiger partial charge in [-0.2, -0.15) is 0 Å². The van der Waals surface area contributed by atoms with Gasteiger partial charge < -0.3 is 15.5 Å². The topological polar surface area (TPSA) is 45.4 Å². The second-order valence-electron chi connectivity index (χ2n) is 5.85. The summed E-state index contributed by atoms with van der Waals surface area (Å²) in [5, 5.41) is 0. The van der Waals surface area contributed by atoms with E-state index in [2.05, 4.69) is 41.9 Å². The van der Waals surface area contributed by atoms with Crippen molar-refractivity contribution >= 4 is 5.82 Å². The number of hydrogen-bond acceptors (Lipinski definition) is 4. The van der Waals surface area contributed by atoms with E-state index >= 15 is 0 Å². The molecule has 1 atom stereocenters. The Morgan fingerprint density at radius 2 is 2.11 bits per heavy atom. The highest BCUT2D eigenvalue weighted by Crippen LogP contribution is 2.23. The molecule has 1 fully saturated rings. The summed E-state index contributed by atoms with van der Waals surface area (Å²) >= 11 is 0. The summed E-state index contributed by atoms with van der Waals surface area (Å²) in [6.07, 6.45) is 5.21. The third kappa shape index (κ3) is 3.67. The van der Waals surface area contributed by atoms with Gasteiger partial charge in [0.1, 0.15) is 5.82 Å². The summed E-state index contributed by atoms with van der Waals surface area (Å²) < 4.78 is 0. The molecule has 1 aromatic heterocycles. The van der Waals surface area contributed by atoms with E-state index < -0.39 is 0 Å². The molecule has 2 heterocycles. The number of rotatable bonds is 4. The van der Waals surface area contributed by atoms with Gasteiger partial charge in [-0.1, -0.05) is 6.07 Å². The Kier molecular flexibility index (Phi) is 4.77. The molecule has 0 spiro atoms. The first-order chi connectivity index (χ1) is 9.08. The average molecular weight is 262 g/mol. The lowest BCUT2D eigenvalue weighted by Crippen LogP contribution is -2.42. The number of pyridine rings is 1. The third-order valence-corrected chi connectivity index (χ3v) is 3.90. The van der Waals surface area contributed by atoms with E-state index in [-0.39, 0.29) is 6.04 Å². The lowest BCUT2D eigenvalue weighted by Gasteiger charge is -2.36. The lowest BCUT2D eigenvalue weighted by atomic mass is 10.0. The van der Waals surface area contributed by atoms with Gasteiger partial charge in [-0.15, -0.1) is 0 Å². The summed E-state index contributed by atoms with van der Waals surface area (Å²) in [7, 11) is 4.34. The van der Waals surface area contributed by atoms with Crippen LogP contribution in [0.15, 0.2) is 18.3 Å². The zero-order valence-corrected chi connectivity index (χ0v) is 12.3. The van der Waals surface area contributed by atoms with Crippen LogP contribution in [0.2, 0.25) is 0 Å². The number of piperidine rings is 1. The van der Waals surface area contributed by atoms with E-state index in [1.807, 2.05) is 12.3 Å². The van der Waals surface area contributed by atoms with Crippen molar-refractivity contribution in [1.82, 2.24) is 9.88 Å². The molecule has 19 heavy (non-hydrogen) atoms. The van der Waals surface area contributed by atoms with E-state index in [0.717, 1.165) is 25.3 Å². The van der Waals surface area contributed by atoms with Crippen LogP contribution in [0.1, 0.15) is 25.3 Å². The molecule has 1 saturated heterocycles. The van der Waals surface area contributed by atoms with Crippen LogP contribution in [0.25, 0.3) is 0 Å². The Hall–Kier alpha value is -1.13. The van der Waals surface area contributed by atoms with Gasteiger partial charge in [-0.25, -0.2) is 4.98 Å². The number of hydrogen-bond donors (Lipinski definition) is 1. The molecule has 4 nitrogen and oxygen atoms in total. The zero-order valence-electron chi connectivity index (χ0n) is 12.3. The van der Waals surface area contributed by atoms with Gasteiger partial charge in [-0.05, 0) is 51.9 Å². The van der Waals surface area contributed by atoms with Crippen molar-refractivity contribution in [2.45, 2.75) is 38.3 Å². The molecule has 1 aliphatic rings. The molecular weight excluding hydrogens is 236 g/mol. The molecule has 0 bridgehead atoms. The van der Waals surface area contributed by atoms with Gasteiger partial charge in [0.25, 0.3) is 0 Å². The monoisotopic (exact) mass is 262 g/mol. The van der Waals surface area contributed by atoms with E-state index in [1.165, 1.54) is 18.4 Å². The van der Waals surface area contributed by atoms with E-state index in [0.29, 0.717) is 6.04 Å². The smallest absolute Gasteiger partial charge is 0.131 e. The number of anilines is 1. The summed E-state index contributed by atoms with van der Waals surface area (Å²) in [4.78, 5) is 9.33. The maximum atomic E-state index is 5.93. The SMILES string of the molecule is CC(N)Cc1cccnc1N1CCC(N(C)C)CC1. The Balaban J connectivity index is 2.06. The second kappa shape index (κ2) is 6.35. The van der Waals surface area contributed by atoms with Crippen LogP contribution in [0, 0.1) is 0 Å². The summed E-state index contributed by atoms with van der Waals surface area (Å²) in [6.45, 7) is 4.23. The normalized spacial score (nSPS) is 18.9. The third-order valence-electron chi connectivity index (χ3n) is 3.90. The minimum absolute atomic E-state index is 0.183. The highest BCUT2D eigenvalue weighted by atomic mass is 15.2. The molecule has 0 radical (unpaired) electrons. The maximum absolute atomic E-state index is 5.93. The van der Waals surface area contributed by atoms with Crippen molar-refractivity contribution in [3.8, 4) is 0 Å². The minimum Gasteiger partial charge on any atom is -0.356 e. The highest BCUT2D eigenvalue weighted by molar-refractivity contribution is 5.47. The van der Waals surface area contributed by atoms with Gasteiger partial charge in [0.05, 0.1) is 0 Å². The molecule has 4 heteroatoms. The number of nitrogens with zero attached hydrogens (tertiary/aromatic N) is 3. The molecule has 2 rings (SSSR count). The lowest BCUT2D eigenvalue weighted by molar-refractivity contribution is 0.249. The first-order valence-electron chi connectivity index (χ1n) is 7.18. The Bertz CT molecular complexity index is 395. The fourth-order valence-corrected chi connectivity index (χ4v) is 2.82. The molecule has 1 aliphatic heterocycles. The molecule has 1 aromatic rings. The fraction of sp³-hybridized carbons (Fsp3) is 0.667. The molecule has 0 amide bonds. The van der Waals surface area contributed by atoms with Crippen molar-refractivity contribution < 1.29 is 0 Å². The van der Waals surface area contributed by atoms with Crippen molar-refractivity contribution in [2.24, 2.45) is 5.73 Å². The number of nitrogens with two attached hydrogens (primary N) is 1. The summed E-state index contributed by atoms with van der Waals surface area (Å²) in [6, 6.07) is 5.05. The summed E-state index contributed by atoms with van der Waals surface area (Å²) in [5.74, 6) is 1.14. The van der Waals surface area contributed by atoms with Crippen LogP contribution in [-0.2, 0) is 6.42 Å². The molecule has 0 aromatic carbocycles. The van der Waals surface area contributed by atoms with Crippen molar-refractivity contribution in [3.05, 3.63) is 23.9 Å². The Morgan fingerprint density at radius 1 is 1.42 bits per heavy atom. The predicted octanol–water partition coefficient (Wildman–Crippen LogP) is 1.50. The van der Waals surface area contributed by atoms with E-state index in [9.17, 15) is 0 Å². The van der Waals surface area contributed by atoms with Crippen LogP contribution in [0.3, 0.4) is 0 Å².